The van der Waals surface area contributed by atoms with Gasteiger partial charge in [0.1, 0.15) is 4.90 Å². The standard InChI is InChI=1S/C13H21N3O2S/c1-8-3-5-12(9(8)2)16-10-4-6-13(11(14)7-10)19(15,17)18/h4,6-9,12,16H,3,5,14H2,1-2H3,(H2,15,17,18). The molecule has 0 amide bonds. The van der Waals surface area contributed by atoms with E-state index >= 15 is 0 Å². The zero-order valence-electron chi connectivity index (χ0n) is 11.3. The van der Waals surface area contributed by atoms with E-state index in [2.05, 4.69) is 19.2 Å². The first-order valence-corrected chi connectivity index (χ1v) is 8.02. The molecule has 1 aliphatic rings. The summed E-state index contributed by atoms with van der Waals surface area (Å²) in [6.45, 7) is 4.49. The van der Waals surface area contributed by atoms with E-state index in [-0.39, 0.29) is 10.6 Å². The summed E-state index contributed by atoms with van der Waals surface area (Å²) < 4.78 is 22.6. The van der Waals surface area contributed by atoms with Crippen LogP contribution in [0.4, 0.5) is 11.4 Å². The predicted octanol–water partition coefficient (Wildman–Crippen LogP) is 1.76. The second-order valence-electron chi connectivity index (χ2n) is 5.46. The van der Waals surface area contributed by atoms with Crippen molar-refractivity contribution in [3.05, 3.63) is 18.2 Å². The molecule has 0 saturated heterocycles. The number of hydrogen-bond acceptors (Lipinski definition) is 4. The first kappa shape index (κ1) is 14.1. The van der Waals surface area contributed by atoms with E-state index in [1.807, 2.05) is 0 Å². The Balaban J connectivity index is 2.17. The highest BCUT2D eigenvalue weighted by molar-refractivity contribution is 7.89. The van der Waals surface area contributed by atoms with E-state index in [1.165, 1.54) is 12.5 Å². The SMILES string of the molecule is CC1CCC(Nc2ccc(S(N)(=O)=O)c(N)c2)C1C. The minimum atomic E-state index is -3.75. The lowest BCUT2D eigenvalue weighted by Gasteiger charge is -2.21. The summed E-state index contributed by atoms with van der Waals surface area (Å²) in [7, 11) is -3.75. The monoisotopic (exact) mass is 283 g/mol. The number of nitrogens with one attached hydrogen (secondary N) is 1. The van der Waals surface area contributed by atoms with Crippen molar-refractivity contribution in [1.82, 2.24) is 0 Å². The molecule has 3 atom stereocenters. The highest BCUT2D eigenvalue weighted by Gasteiger charge is 2.29. The topological polar surface area (TPSA) is 98.2 Å². The van der Waals surface area contributed by atoms with Gasteiger partial charge >= 0.3 is 0 Å². The smallest absolute Gasteiger partial charge is 0.240 e. The molecule has 19 heavy (non-hydrogen) atoms. The van der Waals surface area contributed by atoms with Crippen molar-refractivity contribution in [2.45, 2.75) is 37.6 Å². The average Bonchev–Trinajstić information content (AvgIpc) is 2.59. The molecule has 1 fully saturated rings. The molecule has 5 nitrogen and oxygen atoms in total. The largest absolute Gasteiger partial charge is 0.398 e. The summed E-state index contributed by atoms with van der Waals surface area (Å²) in [6, 6.07) is 5.21. The maximum absolute atomic E-state index is 11.3. The van der Waals surface area contributed by atoms with Crippen molar-refractivity contribution < 1.29 is 8.42 Å². The molecular weight excluding hydrogens is 262 g/mol. The summed E-state index contributed by atoms with van der Waals surface area (Å²) in [5, 5.41) is 8.51. The fourth-order valence-electron chi connectivity index (χ4n) is 2.68. The molecule has 0 radical (unpaired) electrons. The van der Waals surface area contributed by atoms with Crippen LogP contribution in [0, 0.1) is 11.8 Å². The molecule has 6 heteroatoms. The quantitative estimate of drug-likeness (QED) is 0.736. The van der Waals surface area contributed by atoms with Gasteiger partial charge in [-0.05, 0) is 42.9 Å². The van der Waals surface area contributed by atoms with Crippen LogP contribution in [0.2, 0.25) is 0 Å². The van der Waals surface area contributed by atoms with Gasteiger partial charge in [-0.2, -0.15) is 0 Å². The molecule has 3 unspecified atom stereocenters. The van der Waals surface area contributed by atoms with E-state index in [0.717, 1.165) is 12.1 Å². The van der Waals surface area contributed by atoms with E-state index in [0.29, 0.717) is 17.9 Å². The van der Waals surface area contributed by atoms with Crippen LogP contribution in [0.5, 0.6) is 0 Å². The van der Waals surface area contributed by atoms with Gasteiger partial charge in [0.25, 0.3) is 0 Å². The van der Waals surface area contributed by atoms with Crippen LogP contribution in [-0.2, 0) is 10.0 Å². The van der Waals surface area contributed by atoms with Crippen LogP contribution in [0.3, 0.4) is 0 Å². The molecule has 2 rings (SSSR count). The zero-order chi connectivity index (χ0) is 14.2. The number of benzene rings is 1. The summed E-state index contributed by atoms with van der Waals surface area (Å²) in [4.78, 5) is -0.0223. The number of anilines is 2. The number of nitrogen functional groups attached to an aromatic ring is 1. The number of nitrogens with two attached hydrogens (primary N) is 2. The Bertz CT molecular complexity index is 571. The first-order valence-electron chi connectivity index (χ1n) is 6.48. The average molecular weight is 283 g/mol. The normalized spacial score (nSPS) is 27.4. The van der Waals surface area contributed by atoms with Gasteiger partial charge in [0.05, 0.1) is 5.69 Å². The van der Waals surface area contributed by atoms with E-state index < -0.39 is 10.0 Å². The molecule has 0 bridgehead atoms. The highest BCUT2D eigenvalue weighted by atomic mass is 32.2. The molecule has 5 N–H and O–H groups in total. The minimum Gasteiger partial charge on any atom is -0.398 e. The van der Waals surface area contributed by atoms with E-state index in [9.17, 15) is 8.42 Å². The van der Waals surface area contributed by atoms with Gasteiger partial charge < -0.3 is 11.1 Å². The van der Waals surface area contributed by atoms with Crippen molar-refractivity contribution in [1.29, 1.82) is 0 Å². The van der Waals surface area contributed by atoms with E-state index in [4.69, 9.17) is 10.9 Å². The van der Waals surface area contributed by atoms with Crippen molar-refractivity contribution >= 4 is 21.4 Å². The van der Waals surface area contributed by atoms with Gasteiger partial charge in [-0.3, -0.25) is 0 Å². The van der Waals surface area contributed by atoms with Crippen LogP contribution in [-0.4, -0.2) is 14.5 Å². The summed E-state index contributed by atoms with van der Waals surface area (Å²) in [6.07, 6.45) is 2.34. The van der Waals surface area contributed by atoms with Gasteiger partial charge in [-0.15, -0.1) is 0 Å². The molecule has 1 aromatic rings. The fraction of sp³-hybridized carbons (Fsp3) is 0.538. The van der Waals surface area contributed by atoms with Crippen LogP contribution in [0.1, 0.15) is 26.7 Å². The van der Waals surface area contributed by atoms with Gasteiger partial charge in [0.2, 0.25) is 10.0 Å². The molecule has 0 aromatic heterocycles. The molecular formula is C13H21N3O2S. The maximum Gasteiger partial charge on any atom is 0.240 e. The molecule has 1 aromatic carbocycles. The van der Waals surface area contributed by atoms with Crippen LogP contribution in [0.25, 0.3) is 0 Å². The Morgan fingerprint density at radius 1 is 1.26 bits per heavy atom. The number of sulfonamides is 1. The number of rotatable bonds is 3. The van der Waals surface area contributed by atoms with Crippen LogP contribution >= 0.6 is 0 Å². The Morgan fingerprint density at radius 2 is 1.95 bits per heavy atom. The lowest BCUT2D eigenvalue weighted by Crippen LogP contribution is -2.24. The lowest BCUT2D eigenvalue weighted by molar-refractivity contribution is 0.435. The molecule has 0 spiro atoms. The second-order valence-corrected chi connectivity index (χ2v) is 6.99. The fourth-order valence-corrected chi connectivity index (χ4v) is 3.33. The van der Waals surface area contributed by atoms with Crippen LogP contribution in [0.15, 0.2) is 23.1 Å². The summed E-state index contributed by atoms with van der Waals surface area (Å²) in [5.41, 5.74) is 6.77. The molecule has 106 valence electrons. The summed E-state index contributed by atoms with van der Waals surface area (Å²) in [5.74, 6) is 1.30. The minimum absolute atomic E-state index is 0.0223. The summed E-state index contributed by atoms with van der Waals surface area (Å²) >= 11 is 0. The highest BCUT2D eigenvalue weighted by Crippen LogP contribution is 2.33. The Labute approximate surface area is 114 Å². The Kier molecular flexibility index (Phi) is 3.73. The first-order chi connectivity index (χ1) is 8.79. The van der Waals surface area contributed by atoms with Crippen molar-refractivity contribution in [3.63, 3.8) is 0 Å². The number of hydrogen-bond donors (Lipinski definition) is 3. The second kappa shape index (κ2) is 5.02. The molecule has 1 aliphatic carbocycles. The van der Waals surface area contributed by atoms with Crippen LogP contribution < -0.4 is 16.2 Å². The third-order valence-electron chi connectivity index (χ3n) is 4.13. The van der Waals surface area contributed by atoms with Gasteiger partial charge in [-0.1, -0.05) is 13.8 Å². The predicted molar refractivity (Wildman–Crippen MR) is 77.2 cm³/mol. The molecule has 0 heterocycles. The van der Waals surface area contributed by atoms with Crippen molar-refractivity contribution in [3.8, 4) is 0 Å². The zero-order valence-corrected chi connectivity index (χ0v) is 12.1. The molecule has 0 aliphatic heterocycles. The maximum atomic E-state index is 11.3. The van der Waals surface area contributed by atoms with Gasteiger partial charge in [0, 0.05) is 11.7 Å². The van der Waals surface area contributed by atoms with Gasteiger partial charge in [-0.25, -0.2) is 13.6 Å². The Morgan fingerprint density at radius 3 is 2.42 bits per heavy atom. The third-order valence-corrected chi connectivity index (χ3v) is 5.12. The number of primary sulfonamides is 1. The Hall–Kier alpha value is -1.27. The van der Waals surface area contributed by atoms with E-state index in [1.54, 1.807) is 12.1 Å². The molecule has 1 saturated carbocycles. The van der Waals surface area contributed by atoms with Crippen molar-refractivity contribution in [2.75, 3.05) is 11.1 Å². The van der Waals surface area contributed by atoms with Gasteiger partial charge in [0.15, 0.2) is 0 Å². The lowest BCUT2D eigenvalue weighted by atomic mass is 9.97. The third kappa shape index (κ3) is 3.01. The van der Waals surface area contributed by atoms with Crippen molar-refractivity contribution in [2.24, 2.45) is 17.0 Å².